The maximum Gasteiger partial charge on any atom is 0.163 e. The molecule has 0 atom stereocenters. The minimum absolute atomic E-state index is 0.0269. The number of ketones is 1. The number of aliphatic hydroxyl groups is 1. The molecule has 0 aliphatic heterocycles. The third kappa shape index (κ3) is 3.08. The van der Waals surface area contributed by atoms with Crippen LogP contribution in [-0.2, 0) is 6.61 Å². The van der Waals surface area contributed by atoms with Gasteiger partial charge in [0.05, 0.1) is 6.61 Å². The highest BCUT2D eigenvalue weighted by atomic mass is 79.9. The Labute approximate surface area is 96.0 Å². The minimum Gasteiger partial charge on any atom is -0.392 e. The average molecular weight is 278 g/mol. The van der Waals surface area contributed by atoms with Crippen molar-refractivity contribution in [1.82, 2.24) is 0 Å². The fraction of sp³-hybridized carbons (Fsp3) is 0.300. The Morgan fingerprint density at radius 3 is 2.71 bits per heavy atom. The van der Waals surface area contributed by atoms with Crippen molar-refractivity contribution in [2.75, 3.05) is 5.33 Å². The summed E-state index contributed by atoms with van der Waals surface area (Å²) >= 11 is 9.00. The monoisotopic (exact) mass is 276 g/mol. The molecular weight excluding hydrogens is 267 g/mol. The molecule has 76 valence electrons. The van der Waals surface area contributed by atoms with Crippen molar-refractivity contribution in [3.05, 3.63) is 34.3 Å². The molecule has 0 unspecified atom stereocenters. The molecule has 0 amide bonds. The van der Waals surface area contributed by atoms with Crippen molar-refractivity contribution in [2.24, 2.45) is 0 Å². The fourth-order valence-electron chi connectivity index (χ4n) is 1.13. The van der Waals surface area contributed by atoms with Gasteiger partial charge in [0.2, 0.25) is 0 Å². The number of alkyl halides is 1. The van der Waals surface area contributed by atoms with Gasteiger partial charge < -0.3 is 5.11 Å². The molecule has 14 heavy (non-hydrogen) atoms. The first-order chi connectivity index (χ1) is 6.67. The van der Waals surface area contributed by atoms with Gasteiger partial charge in [-0.3, -0.25) is 4.79 Å². The lowest BCUT2D eigenvalue weighted by atomic mass is 10.1. The minimum atomic E-state index is -0.102. The van der Waals surface area contributed by atoms with Gasteiger partial charge in [-0.1, -0.05) is 27.5 Å². The molecule has 0 spiro atoms. The number of carbonyl (C=O) groups is 1. The van der Waals surface area contributed by atoms with E-state index in [1.165, 1.54) is 0 Å². The highest BCUT2D eigenvalue weighted by molar-refractivity contribution is 9.09. The highest BCUT2D eigenvalue weighted by Gasteiger charge is 2.07. The number of benzene rings is 1. The van der Waals surface area contributed by atoms with Gasteiger partial charge in [-0.2, -0.15) is 0 Å². The zero-order valence-corrected chi connectivity index (χ0v) is 9.81. The number of carbonyl (C=O) groups excluding carboxylic acids is 1. The smallest absolute Gasteiger partial charge is 0.163 e. The van der Waals surface area contributed by atoms with Gasteiger partial charge in [0.1, 0.15) is 0 Å². The number of Topliss-reactive ketones (excluding diaryl/α,β-unsaturated/α-hetero) is 1. The molecule has 1 N–H and O–H groups in total. The van der Waals surface area contributed by atoms with E-state index in [4.69, 9.17) is 16.7 Å². The predicted molar refractivity (Wildman–Crippen MR) is 60.1 cm³/mol. The van der Waals surface area contributed by atoms with Gasteiger partial charge in [0.25, 0.3) is 0 Å². The summed E-state index contributed by atoms with van der Waals surface area (Å²) in [5, 5.41) is 10.0. The Hall–Kier alpha value is -0.380. The van der Waals surface area contributed by atoms with E-state index in [0.29, 0.717) is 27.9 Å². The van der Waals surface area contributed by atoms with E-state index in [0.717, 1.165) is 0 Å². The van der Waals surface area contributed by atoms with Crippen LogP contribution in [0, 0.1) is 0 Å². The molecule has 1 aromatic carbocycles. The molecule has 2 nitrogen and oxygen atoms in total. The second-order valence-electron chi connectivity index (χ2n) is 2.87. The molecule has 0 heterocycles. The van der Waals surface area contributed by atoms with E-state index in [-0.39, 0.29) is 12.4 Å². The van der Waals surface area contributed by atoms with Crippen molar-refractivity contribution in [1.29, 1.82) is 0 Å². The number of hydrogen-bond acceptors (Lipinski definition) is 2. The SMILES string of the molecule is O=C(CCBr)c1cc(Cl)cc(CO)c1. The standard InChI is InChI=1S/C10H10BrClO2/c11-2-1-10(14)8-3-7(6-13)4-9(12)5-8/h3-5,13H,1-2,6H2. The normalized spacial score (nSPS) is 10.2. The Morgan fingerprint density at radius 2 is 2.14 bits per heavy atom. The quantitative estimate of drug-likeness (QED) is 0.679. The average Bonchev–Trinajstić information content (AvgIpc) is 2.17. The van der Waals surface area contributed by atoms with Crippen LogP contribution < -0.4 is 0 Å². The van der Waals surface area contributed by atoms with Gasteiger partial charge in [-0.15, -0.1) is 0 Å². The van der Waals surface area contributed by atoms with E-state index >= 15 is 0 Å². The van der Waals surface area contributed by atoms with Gasteiger partial charge >= 0.3 is 0 Å². The maximum atomic E-state index is 11.5. The van der Waals surface area contributed by atoms with Crippen LogP contribution in [0.15, 0.2) is 18.2 Å². The largest absolute Gasteiger partial charge is 0.392 e. The summed E-state index contributed by atoms with van der Waals surface area (Å²) in [5.74, 6) is 0.0269. The molecule has 0 saturated heterocycles. The van der Waals surface area contributed by atoms with E-state index in [9.17, 15) is 4.79 Å². The van der Waals surface area contributed by atoms with Gasteiger partial charge in [0, 0.05) is 22.3 Å². The number of halogens is 2. The van der Waals surface area contributed by atoms with Crippen LogP contribution in [0.5, 0.6) is 0 Å². The molecule has 1 rings (SSSR count). The van der Waals surface area contributed by atoms with Crippen molar-refractivity contribution in [3.8, 4) is 0 Å². The summed E-state index contributed by atoms with van der Waals surface area (Å²) in [7, 11) is 0. The van der Waals surface area contributed by atoms with Crippen molar-refractivity contribution >= 4 is 33.3 Å². The van der Waals surface area contributed by atoms with Crippen LogP contribution in [0.1, 0.15) is 22.3 Å². The summed E-state index contributed by atoms with van der Waals surface area (Å²) < 4.78 is 0. The molecule has 0 aromatic heterocycles. The van der Waals surface area contributed by atoms with Crippen LogP contribution in [0.3, 0.4) is 0 Å². The van der Waals surface area contributed by atoms with Crippen LogP contribution >= 0.6 is 27.5 Å². The van der Waals surface area contributed by atoms with E-state index in [2.05, 4.69) is 15.9 Å². The van der Waals surface area contributed by atoms with E-state index in [1.807, 2.05) is 0 Å². The first-order valence-corrected chi connectivity index (χ1v) is 5.67. The van der Waals surface area contributed by atoms with Crippen molar-refractivity contribution in [3.63, 3.8) is 0 Å². The topological polar surface area (TPSA) is 37.3 Å². The van der Waals surface area contributed by atoms with Crippen LogP contribution in [-0.4, -0.2) is 16.2 Å². The fourth-order valence-corrected chi connectivity index (χ4v) is 1.75. The molecule has 0 radical (unpaired) electrons. The summed E-state index contributed by atoms with van der Waals surface area (Å²) in [5.41, 5.74) is 1.22. The first kappa shape index (κ1) is 11.7. The Kier molecular flexibility index (Phi) is 4.58. The van der Waals surface area contributed by atoms with Crippen LogP contribution in [0.4, 0.5) is 0 Å². The highest BCUT2D eigenvalue weighted by Crippen LogP contribution is 2.16. The second kappa shape index (κ2) is 5.49. The third-order valence-corrected chi connectivity index (χ3v) is 2.40. The van der Waals surface area contributed by atoms with E-state index < -0.39 is 0 Å². The van der Waals surface area contributed by atoms with Crippen molar-refractivity contribution in [2.45, 2.75) is 13.0 Å². The lowest BCUT2D eigenvalue weighted by Crippen LogP contribution is -2.00. The summed E-state index contributed by atoms with van der Waals surface area (Å²) in [6, 6.07) is 4.93. The van der Waals surface area contributed by atoms with Gasteiger partial charge in [-0.05, 0) is 23.8 Å². The van der Waals surface area contributed by atoms with E-state index in [1.54, 1.807) is 18.2 Å². The summed E-state index contributed by atoms with van der Waals surface area (Å²) in [6.07, 6.45) is 0.436. The zero-order chi connectivity index (χ0) is 10.6. The van der Waals surface area contributed by atoms with Crippen LogP contribution in [0.2, 0.25) is 5.02 Å². The Balaban J connectivity index is 2.96. The maximum absolute atomic E-state index is 11.5. The predicted octanol–water partition coefficient (Wildman–Crippen LogP) is 2.80. The molecular formula is C10H10BrClO2. The van der Waals surface area contributed by atoms with Crippen molar-refractivity contribution < 1.29 is 9.90 Å². The number of hydrogen-bond donors (Lipinski definition) is 1. The zero-order valence-electron chi connectivity index (χ0n) is 7.46. The van der Waals surface area contributed by atoms with Crippen LogP contribution in [0.25, 0.3) is 0 Å². The van der Waals surface area contributed by atoms with Gasteiger partial charge in [-0.25, -0.2) is 0 Å². The lowest BCUT2D eigenvalue weighted by molar-refractivity contribution is 0.0989. The Bertz CT molecular complexity index is 339. The molecule has 4 heteroatoms. The molecule has 0 fully saturated rings. The molecule has 0 aliphatic rings. The number of rotatable bonds is 4. The summed E-state index contributed by atoms with van der Waals surface area (Å²) in [6.45, 7) is -0.102. The summed E-state index contributed by atoms with van der Waals surface area (Å²) in [4.78, 5) is 11.5. The molecule has 0 aliphatic carbocycles. The number of aliphatic hydroxyl groups excluding tert-OH is 1. The second-order valence-corrected chi connectivity index (χ2v) is 4.10. The molecule has 0 bridgehead atoms. The molecule has 0 saturated carbocycles. The van der Waals surface area contributed by atoms with Gasteiger partial charge in [0.15, 0.2) is 5.78 Å². The third-order valence-electron chi connectivity index (χ3n) is 1.78. The lowest BCUT2D eigenvalue weighted by Gasteiger charge is -2.03. The first-order valence-electron chi connectivity index (χ1n) is 4.17. The Morgan fingerprint density at radius 1 is 1.43 bits per heavy atom. The molecule has 1 aromatic rings.